The van der Waals surface area contributed by atoms with Crippen molar-refractivity contribution in [2.45, 2.75) is 32.0 Å². The van der Waals surface area contributed by atoms with Gasteiger partial charge in [0, 0.05) is 29.3 Å². The number of carbonyl (C=O) groups excluding carboxylic acids is 2. The van der Waals surface area contributed by atoms with Crippen molar-refractivity contribution in [2.24, 2.45) is 0 Å². The second-order valence-corrected chi connectivity index (χ2v) is 7.49. The lowest BCUT2D eigenvalue weighted by atomic mass is 9.94. The number of hydrogen-bond donors (Lipinski definition) is 4. The number of hydrogen-bond acceptors (Lipinski definition) is 6. The van der Waals surface area contributed by atoms with Crippen LogP contribution in [0.1, 0.15) is 31.4 Å². The molecule has 8 nitrogen and oxygen atoms in total. The average molecular weight is 465 g/mol. The van der Waals surface area contributed by atoms with Gasteiger partial charge in [-0.25, -0.2) is 10.3 Å². The van der Waals surface area contributed by atoms with Crippen molar-refractivity contribution in [3.63, 3.8) is 0 Å². The second-order valence-electron chi connectivity index (χ2n) is 7.49. The van der Waals surface area contributed by atoms with Crippen LogP contribution in [0.25, 0.3) is 10.8 Å². The number of benzene rings is 3. The molecule has 34 heavy (non-hydrogen) atoms. The standard InChI is InChI=1S/C26H28N2O6/c1-2-33-23(14-8-9-15-24(30)28-32)25(34-26(31)27-18-10-4-3-5-11-18)21-16-17-22(29)20-13-7-6-12-19(20)21/h3-7,9-13,15-17,23,25,29,32H,2,8,14H2,1H3,(H,27,31)(H,28,30)/b15-9+/t23-,25-/m0/s1. The van der Waals surface area contributed by atoms with Crippen molar-refractivity contribution < 1.29 is 29.4 Å². The summed E-state index contributed by atoms with van der Waals surface area (Å²) in [6.07, 6.45) is 1.71. The summed E-state index contributed by atoms with van der Waals surface area (Å²) in [5, 5.41) is 23.1. The lowest BCUT2D eigenvalue weighted by Crippen LogP contribution is -2.29. The van der Waals surface area contributed by atoms with Crippen LogP contribution in [0.4, 0.5) is 10.5 Å². The Morgan fingerprint density at radius 2 is 1.71 bits per heavy atom. The number of fused-ring (bicyclic) bond motifs is 1. The zero-order valence-corrected chi connectivity index (χ0v) is 18.8. The fraction of sp³-hybridized carbons (Fsp3) is 0.231. The summed E-state index contributed by atoms with van der Waals surface area (Å²) in [6.45, 7) is 2.22. The highest BCUT2D eigenvalue weighted by atomic mass is 16.6. The number of aromatic hydroxyl groups is 1. The number of anilines is 1. The summed E-state index contributed by atoms with van der Waals surface area (Å²) < 4.78 is 11.9. The van der Waals surface area contributed by atoms with Gasteiger partial charge in [-0.3, -0.25) is 15.3 Å². The monoisotopic (exact) mass is 464 g/mol. The summed E-state index contributed by atoms with van der Waals surface area (Å²) in [5.74, 6) is -0.509. The first-order chi connectivity index (χ1) is 16.5. The number of phenols is 1. The van der Waals surface area contributed by atoms with E-state index in [1.165, 1.54) is 6.08 Å². The zero-order valence-electron chi connectivity index (χ0n) is 18.8. The van der Waals surface area contributed by atoms with E-state index in [1.54, 1.807) is 54.0 Å². The summed E-state index contributed by atoms with van der Waals surface area (Å²) in [7, 11) is 0. The molecule has 3 aromatic carbocycles. The Labute approximate surface area is 197 Å². The number of ether oxygens (including phenoxy) is 2. The number of allylic oxidation sites excluding steroid dienone is 1. The Balaban J connectivity index is 1.93. The molecular formula is C26H28N2O6. The van der Waals surface area contributed by atoms with Gasteiger partial charge in [-0.1, -0.05) is 54.6 Å². The van der Waals surface area contributed by atoms with Crippen LogP contribution in [-0.2, 0) is 14.3 Å². The van der Waals surface area contributed by atoms with Gasteiger partial charge in [0.25, 0.3) is 5.91 Å². The topological polar surface area (TPSA) is 117 Å². The van der Waals surface area contributed by atoms with E-state index in [1.807, 2.05) is 31.2 Å². The van der Waals surface area contributed by atoms with Crippen molar-refractivity contribution in [2.75, 3.05) is 11.9 Å². The molecule has 2 amide bonds. The molecule has 0 aromatic heterocycles. The van der Waals surface area contributed by atoms with Crippen LogP contribution in [-0.4, -0.2) is 35.0 Å². The zero-order chi connectivity index (χ0) is 24.3. The van der Waals surface area contributed by atoms with Gasteiger partial charge in [0.1, 0.15) is 5.75 Å². The fourth-order valence-electron chi connectivity index (χ4n) is 3.70. The third-order valence-electron chi connectivity index (χ3n) is 5.21. The van der Waals surface area contributed by atoms with Gasteiger partial charge < -0.3 is 14.6 Å². The number of phenolic OH excluding ortho intramolecular Hbond substituents is 1. The first-order valence-electron chi connectivity index (χ1n) is 11.0. The minimum absolute atomic E-state index is 0.123. The van der Waals surface area contributed by atoms with Crippen LogP contribution < -0.4 is 10.8 Å². The minimum atomic E-state index is -0.797. The van der Waals surface area contributed by atoms with E-state index in [2.05, 4.69) is 5.32 Å². The maximum Gasteiger partial charge on any atom is 0.412 e. The molecule has 0 spiro atoms. The van der Waals surface area contributed by atoms with Crippen molar-refractivity contribution in [1.82, 2.24) is 5.48 Å². The summed E-state index contributed by atoms with van der Waals surface area (Å²) in [5.41, 5.74) is 2.82. The van der Waals surface area contributed by atoms with E-state index in [-0.39, 0.29) is 5.75 Å². The highest BCUT2D eigenvalue weighted by Gasteiger charge is 2.29. The first kappa shape index (κ1) is 24.8. The van der Waals surface area contributed by atoms with Crippen molar-refractivity contribution in [1.29, 1.82) is 0 Å². The van der Waals surface area contributed by atoms with Crippen molar-refractivity contribution in [3.05, 3.63) is 84.4 Å². The fourth-order valence-corrected chi connectivity index (χ4v) is 3.70. The first-order valence-corrected chi connectivity index (χ1v) is 11.0. The van der Waals surface area contributed by atoms with Gasteiger partial charge in [-0.05, 0) is 43.4 Å². The normalized spacial score (nSPS) is 12.9. The van der Waals surface area contributed by atoms with Gasteiger partial charge in [0.2, 0.25) is 0 Å². The molecule has 3 rings (SSSR count). The van der Waals surface area contributed by atoms with Crippen LogP contribution in [0, 0.1) is 0 Å². The Morgan fingerprint density at radius 1 is 1.00 bits per heavy atom. The molecule has 0 aliphatic carbocycles. The van der Waals surface area contributed by atoms with Gasteiger partial charge in [-0.2, -0.15) is 0 Å². The molecule has 2 atom stereocenters. The minimum Gasteiger partial charge on any atom is -0.507 e. The van der Waals surface area contributed by atoms with Crippen LogP contribution in [0.3, 0.4) is 0 Å². The summed E-state index contributed by atoms with van der Waals surface area (Å²) in [4.78, 5) is 24.1. The molecule has 0 saturated heterocycles. The predicted molar refractivity (Wildman–Crippen MR) is 129 cm³/mol. The molecule has 0 heterocycles. The number of para-hydroxylation sites is 1. The number of rotatable bonds is 10. The van der Waals surface area contributed by atoms with E-state index < -0.39 is 24.2 Å². The van der Waals surface area contributed by atoms with Crippen LogP contribution in [0.2, 0.25) is 0 Å². The maximum absolute atomic E-state index is 12.8. The predicted octanol–water partition coefficient (Wildman–Crippen LogP) is 5.08. The molecule has 4 N–H and O–H groups in total. The molecule has 0 saturated carbocycles. The molecule has 0 radical (unpaired) electrons. The van der Waals surface area contributed by atoms with Gasteiger partial charge in [0.15, 0.2) is 6.10 Å². The number of hydroxylamine groups is 1. The van der Waals surface area contributed by atoms with Crippen molar-refractivity contribution >= 4 is 28.5 Å². The largest absolute Gasteiger partial charge is 0.507 e. The molecule has 0 aliphatic rings. The molecule has 0 bridgehead atoms. The van der Waals surface area contributed by atoms with E-state index in [4.69, 9.17) is 14.7 Å². The van der Waals surface area contributed by atoms with Crippen molar-refractivity contribution in [3.8, 4) is 5.75 Å². The molecule has 0 fully saturated rings. The number of nitrogens with one attached hydrogen (secondary N) is 2. The maximum atomic E-state index is 12.8. The smallest absolute Gasteiger partial charge is 0.412 e. The Hall–Kier alpha value is -3.88. The molecule has 3 aromatic rings. The highest BCUT2D eigenvalue weighted by molar-refractivity contribution is 5.91. The molecule has 0 aliphatic heterocycles. The summed E-state index contributed by atoms with van der Waals surface area (Å²) >= 11 is 0. The molecular weight excluding hydrogens is 436 g/mol. The lowest BCUT2D eigenvalue weighted by molar-refractivity contribution is -0.124. The highest BCUT2D eigenvalue weighted by Crippen LogP contribution is 2.36. The quantitative estimate of drug-likeness (QED) is 0.189. The molecule has 8 heteroatoms. The van der Waals surface area contributed by atoms with Crippen LogP contribution >= 0.6 is 0 Å². The Morgan fingerprint density at radius 3 is 2.41 bits per heavy atom. The van der Waals surface area contributed by atoms with Gasteiger partial charge in [-0.15, -0.1) is 0 Å². The van der Waals surface area contributed by atoms with E-state index in [0.717, 1.165) is 5.39 Å². The van der Waals surface area contributed by atoms with Crippen LogP contribution in [0.15, 0.2) is 78.9 Å². The van der Waals surface area contributed by atoms with E-state index in [9.17, 15) is 14.7 Å². The SMILES string of the molecule is CCO[C@@H](CC/C=C/C(=O)NO)[C@@H](OC(=O)Nc1ccccc1)c1ccc(O)c2ccccc12. The number of carbonyl (C=O) groups is 2. The molecule has 178 valence electrons. The van der Waals surface area contributed by atoms with Gasteiger partial charge in [0.05, 0.1) is 6.10 Å². The van der Waals surface area contributed by atoms with E-state index in [0.29, 0.717) is 36.1 Å². The Bertz CT molecular complexity index is 1130. The third-order valence-corrected chi connectivity index (χ3v) is 5.21. The lowest BCUT2D eigenvalue weighted by Gasteiger charge is -2.28. The third kappa shape index (κ3) is 6.57. The molecule has 0 unspecified atom stereocenters. The Kier molecular flexibility index (Phi) is 9.02. The second kappa shape index (κ2) is 12.4. The average Bonchev–Trinajstić information content (AvgIpc) is 2.85. The van der Waals surface area contributed by atoms with Gasteiger partial charge >= 0.3 is 6.09 Å². The number of amides is 2. The summed E-state index contributed by atoms with van der Waals surface area (Å²) in [6, 6.07) is 19.6. The van der Waals surface area contributed by atoms with E-state index >= 15 is 0 Å². The van der Waals surface area contributed by atoms with Crippen LogP contribution in [0.5, 0.6) is 5.75 Å².